The number of hydrogen-bond donors (Lipinski definition) is 1. The van der Waals surface area contributed by atoms with Gasteiger partial charge in [-0.15, -0.1) is 0 Å². The summed E-state index contributed by atoms with van der Waals surface area (Å²) in [5.41, 5.74) is 4.74. The Morgan fingerprint density at radius 3 is 2.39 bits per heavy atom. The van der Waals surface area contributed by atoms with Gasteiger partial charge in [-0.25, -0.2) is 0 Å². The molecule has 0 radical (unpaired) electrons. The summed E-state index contributed by atoms with van der Waals surface area (Å²) in [6, 6.07) is 13.3. The maximum absolute atomic E-state index is 12.3. The molecule has 3 rings (SSSR count). The maximum Gasteiger partial charge on any atom is 0.227 e. The number of nitrogens with zero attached hydrogens (tertiary/aromatic N) is 1. The van der Waals surface area contributed by atoms with Crippen LogP contribution < -0.4 is 10.2 Å². The smallest absolute Gasteiger partial charge is 0.227 e. The molecule has 1 aliphatic heterocycles. The van der Waals surface area contributed by atoms with Gasteiger partial charge in [-0.3, -0.25) is 14.4 Å². The Morgan fingerprint density at radius 1 is 1.00 bits per heavy atom. The first kappa shape index (κ1) is 19.8. The van der Waals surface area contributed by atoms with Crippen LogP contribution in [0, 0.1) is 13.8 Å². The summed E-state index contributed by atoms with van der Waals surface area (Å²) in [4.78, 5) is 37.9. The molecule has 5 nitrogen and oxygen atoms in total. The van der Waals surface area contributed by atoms with Crippen LogP contribution in [-0.2, 0) is 16.1 Å². The molecule has 1 aliphatic rings. The number of carbonyl (C=O) groups is 3. The van der Waals surface area contributed by atoms with Gasteiger partial charge in [0.1, 0.15) is 0 Å². The van der Waals surface area contributed by atoms with E-state index >= 15 is 0 Å². The molecule has 1 N–H and O–H groups in total. The SMILES string of the molecule is Cc1ccc(C(=O)CCC(=O)NCc2ccc(N3CCCC3=O)cc2)cc1C. The Bertz CT molecular complexity index is 887. The average Bonchev–Trinajstić information content (AvgIpc) is 3.13. The van der Waals surface area contributed by atoms with Crippen molar-refractivity contribution in [2.45, 2.75) is 46.1 Å². The van der Waals surface area contributed by atoms with Crippen molar-refractivity contribution in [3.8, 4) is 0 Å². The van der Waals surface area contributed by atoms with Crippen LogP contribution in [-0.4, -0.2) is 24.1 Å². The molecule has 0 atom stereocenters. The van der Waals surface area contributed by atoms with Crippen LogP contribution in [0.4, 0.5) is 5.69 Å². The quantitative estimate of drug-likeness (QED) is 0.747. The van der Waals surface area contributed by atoms with Crippen molar-refractivity contribution in [1.29, 1.82) is 0 Å². The van der Waals surface area contributed by atoms with Gasteiger partial charge in [0.2, 0.25) is 11.8 Å². The minimum absolute atomic E-state index is 0.0158. The molecule has 0 unspecified atom stereocenters. The fourth-order valence-corrected chi connectivity index (χ4v) is 3.29. The van der Waals surface area contributed by atoms with E-state index < -0.39 is 0 Å². The lowest BCUT2D eigenvalue weighted by molar-refractivity contribution is -0.121. The first-order chi connectivity index (χ1) is 13.4. The number of benzene rings is 2. The molecular formula is C23H26N2O3. The van der Waals surface area contributed by atoms with Gasteiger partial charge in [-0.2, -0.15) is 0 Å². The van der Waals surface area contributed by atoms with E-state index in [0.717, 1.165) is 35.3 Å². The van der Waals surface area contributed by atoms with E-state index in [0.29, 0.717) is 18.5 Å². The zero-order valence-corrected chi connectivity index (χ0v) is 16.5. The summed E-state index contributed by atoms with van der Waals surface area (Å²) >= 11 is 0. The number of anilines is 1. The van der Waals surface area contributed by atoms with Crippen LogP contribution in [0.25, 0.3) is 0 Å². The number of amides is 2. The molecule has 2 amide bonds. The van der Waals surface area contributed by atoms with Crippen LogP contribution >= 0.6 is 0 Å². The van der Waals surface area contributed by atoms with Crippen molar-refractivity contribution < 1.29 is 14.4 Å². The third-order valence-electron chi connectivity index (χ3n) is 5.22. The first-order valence-electron chi connectivity index (χ1n) is 9.70. The Labute approximate surface area is 165 Å². The van der Waals surface area contributed by atoms with Gasteiger partial charge in [0, 0.05) is 43.6 Å². The highest BCUT2D eigenvalue weighted by molar-refractivity contribution is 5.98. The second kappa shape index (κ2) is 8.83. The number of aryl methyl sites for hydroxylation is 2. The van der Waals surface area contributed by atoms with Gasteiger partial charge in [0.15, 0.2) is 5.78 Å². The Morgan fingerprint density at radius 2 is 1.75 bits per heavy atom. The largest absolute Gasteiger partial charge is 0.352 e. The van der Waals surface area contributed by atoms with Crippen LogP contribution in [0.15, 0.2) is 42.5 Å². The maximum atomic E-state index is 12.3. The lowest BCUT2D eigenvalue weighted by Crippen LogP contribution is -2.24. The Hall–Kier alpha value is -2.95. The lowest BCUT2D eigenvalue weighted by atomic mass is 10.0. The lowest BCUT2D eigenvalue weighted by Gasteiger charge is -2.16. The highest BCUT2D eigenvalue weighted by Gasteiger charge is 2.21. The molecular weight excluding hydrogens is 352 g/mol. The predicted molar refractivity (Wildman–Crippen MR) is 109 cm³/mol. The second-order valence-electron chi connectivity index (χ2n) is 7.31. The van der Waals surface area contributed by atoms with E-state index in [1.165, 1.54) is 0 Å². The van der Waals surface area contributed by atoms with Crippen molar-refractivity contribution in [1.82, 2.24) is 5.32 Å². The number of rotatable bonds is 7. The molecule has 0 aliphatic carbocycles. The number of hydrogen-bond acceptors (Lipinski definition) is 3. The van der Waals surface area contributed by atoms with E-state index in [1.54, 1.807) is 4.90 Å². The minimum atomic E-state index is -0.143. The van der Waals surface area contributed by atoms with Crippen LogP contribution in [0.1, 0.15) is 52.7 Å². The fourth-order valence-electron chi connectivity index (χ4n) is 3.29. The molecule has 1 saturated heterocycles. The standard InChI is InChI=1S/C23H26N2O3/c1-16-5-8-19(14-17(16)2)21(26)11-12-22(27)24-15-18-6-9-20(10-7-18)25-13-3-4-23(25)28/h5-10,14H,3-4,11-13,15H2,1-2H3,(H,24,27). The number of carbonyl (C=O) groups excluding carboxylic acids is 3. The third kappa shape index (κ3) is 4.85. The monoisotopic (exact) mass is 378 g/mol. The van der Waals surface area contributed by atoms with Gasteiger partial charge in [-0.05, 0) is 55.2 Å². The molecule has 5 heteroatoms. The van der Waals surface area contributed by atoms with E-state index in [9.17, 15) is 14.4 Å². The molecule has 28 heavy (non-hydrogen) atoms. The summed E-state index contributed by atoms with van der Waals surface area (Å²) in [5, 5.41) is 2.85. The molecule has 146 valence electrons. The summed E-state index contributed by atoms with van der Waals surface area (Å²) in [5.74, 6) is 0.00311. The van der Waals surface area contributed by atoms with Crippen LogP contribution in [0.5, 0.6) is 0 Å². The topological polar surface area (TPSA) is 66.5 Å². The second-order valence-corrected chi connectivity index (χ2v) is 7.31. The van der Waals surface area contributed by atoms with Crippen molar-refractivity contribution >= 4 is 23.3 Å². The molecule has 1 fully saturated rings. The van der Waals surface area contributed by atoms with Gasteiger partial charge in [-0.1, -0.05) is 24.3 Å². The zero-order valence-electron chi connectivity index (χ0n) is 16.5. The first-order valence-corrected chi connectivity index (χ1v) is 9.70. The molecule has 2 aromatic rings. The predicted octanol–water partition coefficient (Wildman–Crippen LogP) is 3.71. The number of ketones is 1. The number of Topliss-reactive ketones (excluding diaryl/α,β-unsaturated/α-hetero) is 1. The zero-order chi connectivity index (χ0) is 20.1. The minimum Gasteiger partial charge on any atom is -0.352 e. The third-order valence-corrected chi connectivity index (χ3v) is 5.22. The van der Waals surface area contributed by atoms with Gasteiger partial charge in [0.05, 0.1) is 0 Å². The Kier molecular flexibility index (Phi) is 6.24. The van der Waals surface area contributed by atoms with Crippen molar-refractivity contribution in [3.05, 3.63) is 64.7 Å². The van der Waals surface area contributed by atoms with Gasteiger partial charge < -0.3 is 10.2 Å². The van der Waals surface area contributed by atoms with Crippen molar-refractivity contribution in [3.63, 3.8) is 0 Å². The fraction of sp³-hybridized carbons (Fsp3) is 0.348. The average molecular weight is 378 g/mol. The van der Waals surface area contributed by atoms with E-state index in [2.05, 4.69) is 5.32 Å². The van der Waals surface area contributed by atoms with Crippen molar-refractivity contribution in [2.75, 3.05) is 11.4 Å². The summed E-state index contributed by atoms with van der Waals surface area (Å²) < 4.78 is 0. The van der Waals surface area contributed by atoms with Crippen LogP contribution in [0.3, 0.4) is 0 Å². The summed E-state index contributed by atoms with van der Waals surface area (Å²) in [7, 11) is 0. The summed E-state index contributed by atoms with van der Waals surface area (Å²) in [6.07, 6.45) is 1.88. The molecule has 0 saturated carbocycles. The summed E-state index contributed by atoms with van der Waals surface area (Å²) in [6.45, 7) is 5.16. The highest BCUT2D eigenvalue weighted by atomic mass is 16.2. The highest BCUT2D eigenvalue weighted by Crippen LogP contribution is 2.21. The molecule has 1 heterocycles. The normalized spacial score (nSPS) is 13.6. The number of nitrogens with one attached hydrogen (secondary N) is 1. The molecule has 0 spiro atoms. The van der Waals surface area contributed by atoms with E-state index in [-0.39, 0.29) is 30.4 Å². The Balaban J connectivity index is 1.45. The van der Waals surface area contributed by atoms with Gasteiger partial charge in [0.25, 0.3) is 0 Å². The van der Waals surface area contributed by atoms with Gasteiger partial charge >= 0.3 is 0 Å². The van der Waals surface area contributed by atoms with Crippen molar-refractivity contribution in [2.24, 2.45) is 0 Å². The molecule has 2 aromatic carbocycles. The molecule has 0 bridgehead atoms. The van der Waals surface area contributed by atoms with Crippen LogP contribution in [0.2, 0.25) is 0 Å². The van der Waals surface area contributed by atoms with E-state index in [4.69, 9.17) is 0 Å². The van der Waals surface area contributed by atoms with E-state index in [1.807, 2.05) is 56.3 Å². The molecule has 0 aromatic heterocycles.